The van der Waals surface area contributed by atoms with Crippen LogP contribution in [0.1, 0.15) is 35.2 Å². The minimum absolute atomic E-state index is 0.0865. The highest BCUT2D eigenvalue weighted by atomic mass is 79.9. The molecule has 138 valence electrons. The molecule has 26 heavy (non-hydrogen) atoms. The average molecular weight is 437 g/mol. The normalized spacial score (nSPS) is 14.9. The van der Waals surface area contributed by atoms with E-state index in [-0.39, 0.29) is 10.8 Å². The van der Waals surface area contributed by atoms with E-state index in [1.165, 1.54) is 12.1 Å². The average Bonchev–Trinajstić information content (AvgIpc) is 2.62. The Labute approximate surface area is 162 Å². The van der Waals surface area contributed by atoms with E-state index >= 15 is 0 Å². The summed E-state index contributed by atoms with van der Waals surface area (Å²) in [5.41, 5.74) is 1.69. The highest BCUT2D eigenvalue weighted by molar-refractivity contribution is 9.10. The summed E-state index contributed by atoms with van der Waals surface area (Å²) in [6.45, 7) is 3.28. The number of sulfonamides is 1. The minimum Gasteiger partial charge on any atom is -0.339 e. The molecule has 1 amide bonds. The van der Waals surface area contributed by atoms with Crippen molar-refractivity contribution < 1.29 is 13.2 Å². The molecule has 0 aromatic heterocycles. The molecule has 0 unspecified atom stereocenters. The van der Waals surface area contributed by atoms with Gasteiger partial charge in [0, 0.05) is 28.8 Å². The standard InChI is InChI=1S/C19H21BrN2O3S/c1-14-8-9-17(13-18(14)19(23)22-10-3-2-4-11-22)26(24,25)21-16-7-5-6-15(20)12-16/h5-9,12-13,21H,2-4,10-11H2,1H3. The summed E-state index contributed by atoms with van der Waals surface area (Å²) >= 11 is 3.33. The van der Waals surface area contributed by atoms with Gasteiger partial charge in [0.05, 0.1) is 4.90 Å². The number of rotatable bonds is 4. The van der Waals surface area contributed by atoms with Gasteiger partial charge in [0.2, 0.25) is 0 Å². The first-order chi connectivity index (χ1) is 12.4. The molecular weight excluding hydrogens is 416 g/mol. The Hall–Kier alpha value is -1.86. The Kier molecular flexibility index (Phi) is 5.67. The quantitative estimate of drug-likeness (QED) is 0.781. The maximum absolute atomic E-state index is 12.8. The second kappa shape index (κ2) is 7.80. The third kappa shape index (κ3) is 4.27. The minimum atomic E-state index is -3.78. The summed E-state index contributed by atoms with van der Waals surface area (Å²) in [6, 6.07) is 11.6. The van der Waals surface area contributed by atoms with Gasteiger partial charge in [0.15, 0.2) is 0 Å². The van der Waals surface area contributed by atoms with E-state index in [4.69, 9.17) is 0 Å². The summed E-state index contributed by atoms with van der Waals surface area (Å²) in [7, 11) is -3.78. The van der Waals surface area contributed by atoms with E-state index in [0.717, 1.165) is 42.4 Å². The topological polar surface area (TPSA) is 66.5 Å². The van der Waals surface area contributed by atoms with Crippen molar-refractivity contribution in [3.8, 4) is 0 Å². The van der Waals surface area contributed by atoms with Crippen LogP contribution in [0.25, 0.3) is 0 Å². The maximum atomic E-state index is 12.8. The fraction of sp³-hybridized carbons (Fsp3) is 0.316. The van der Waals surface area contributed by atoms with Gasteiger partial charge in [-0.15, -0.1) is 0 Å². The van der Waals surface area contributed by atoms with E-state index in [2.05, 4.69) is 20.7 Å². The van der Waals surface area contributed by atoms with Crippen LogP contribution in [0.5, 0.6) is 0 Å². The maximum Gasteiger partial charge on any atom is 0.261 e. The van der Waals surface area contributed by atoms with Gasteiger partial charge in [-0.3, -0.25) is 9.52 Å². The number of halogens is 1. The first-order valence-electron chi connectivity index (χ1n) is 8.55. The molecule has 1 aliphatic rings. The number of nitrogens with one attached hydrogen (secondary N) is 1. The number of likely N-dealkylation sites (tertiary alicyclic amines) is 1. The van der Waals surface area contributed by atoms with Gasteiger partial charge in [0.25, 0.3) is 15.9 Å². The first-order valence-corrected chi connectivity index (χ1v) is 10.8. The zero-order valence-corrected chi connectivity index (χ0v) is 16.9. The molecule has 0 saturated carbocycles. The second-order valence-electron chi connectivity index (χ2n) is 6.45. The Bertz CT molecular complexity index is 922. The molecule has 0 radical (unpaired) electrons. The SMILES string of the molecule is Cc1ccc(S(=O)(=O)Nc2cccc(Br)c2)cc1C(=O)N1CCCCC1. The Morgan fingerprint density at radius 2 is 1.81 bits per heavy atom. The van der Waals surface area contributed by atoms with Crippen LogP contribution in [0.15, 0.2) is 51.8 Å². The summed E-state index contributed by atoms with van der Waals surface area (Å²) in [6.07, 6.45) is 3.12. The van der Waals surface area contributed by atoms with Crippen molar-refractivity contribution in [1.82, 2.24) is 4.90 Å². The largest absolute Gasteiger partial charge is 0.339 e. The zero-order valence-electron chi connectivity index (χ0n) is 14.5. The predicted molar refractivity (Wildman–Crippen MR) is 106 cm³/mol. The number of piperidine rings is 1. The van der Waals surface area contributed by atoms with Gasteiger partial charge in [0.1, 0.15) is 0 Å². The molecule has 1 fully saturated rings. The van der Waals surface area contributed by atoms with Crippen LogP contribution >= 0.6 is 15.9 Å². The number of anilines is 1. The van der Waals surface area contributed by atoms with Crippen LogP contribution in [-0.2, 0) is 10.0 Å². The van der Waals surface area contributed by atoms with E-state index in [1.54, 1.807) is 24.3 Å². The van der Waals surface area contributed by atoms with Crippen molar-refractivity contribution >= 4 is 37.5 Å². The highest BCUT2D eigenvalue weighted by Crippen LogP contribution is 2.23. The van der Waals surface area contributed by atoms with Gasteiger partial charge in [-0.1, -0.05) is 28.1 Å². The van der Waals surface area contributed by atoms with Crippen LogP contribution < -0.4 is 4.72 Å². The van der Waals surface area contributed by atoms with Gasteiger partial charge >= 0.3 is 0 Å². The van der Waals surface area contributed by atoms with E-state index in [0.29, 0.717) is 11.3 Å². The highest BCUT2D eigenvalue weighted by Gasteiger charge is 2.22. The number of carbonyl (C=O) groups is 1. The molecule has 0 bridgehead atoms. The summed E-state index contributed by atoms with van der Waals surface area (Å²) < 4.78 is 28.8. The van der Waals surface area contributed by atoms with Crippen molar-refractivity contribution in [3.63, 3.8) is 0 Å². The van der Waals surface area contributed by atoms with E-state index < -0.39 is 10.0 Å². The van der Waals surface area contributed by atoms with Crippen LogP contribution in [-0.4, -0.2) is 32.3 Å². The Morgan fingerprint density at radius 1 is 1.08 bits per heavy atom. The summed E-state index contributed by atoms with van der Waals surface area (Å²) in [5.74, 6) is -0.0956. The van der Waals surface area contributed by atoms with Gasteiger partial charge in [-0.05, 0) is 62.1 Å². The molecule has 0 spiro atoms. The molecular formula is C19H21BrN2O3S. The number of amides is 1. The predicted octanol–water partition coefficient (Wildman–Crippen LogP) is 4.18. The third-order valence-electron chi connectivity index (χ3n) is 4.47. The number of hydrogen-bond acceptors (Lipinski definition) is 3. The van der Waals surface area contributed by atoms with Crippen molar-refractivity contribution in [2.75, 3.05) is 17.8 Å². The lowest BCUT2D eigenvalue weighted by molar-refractivity contribution is 0.0723. The number of nitrogens with zero attached hydrogens (tertiary/aromatic N) is 1. The van der Waals surface area contributed by atoms with Crippen molar-refractivity contribution in [3.05, 3.63) is 58.1 Å². The van der Waals surface area contributed by atoms with Crippen LogP contribution in [0.3, 0.4) is 0 Å². The zero-order chi connectivity index (χ0) is 18.7. The molecule has 2 aromatic carbocycles. The van der Waals surface area contributed by atoms with Gasteiger partial charge in [-0.2, -0.15) is 0 Å². The van der Waals surface area contributed by atoms with Crippen LogP contribution in [0.4, 0.5) is 5.69 Å². The molecule has 1 saturated heterocycles. The number of aryl methyl sites for hydroxylation is 1. The third-order valence-corrected chi connectivity index (χ3v) is 6.34. The molecule has 1 N–H and O–H groups in total. The lowest BCUT2D eigenvalue weighted by atomic mass is 10.1. The first kappa shape index (κ1) is 18.9. The smallest absolute Gasteiger partial charge is 0.261 e. The van der Waals surface area contributed by atoms with Crippen LogP contribution in [0.2, 0.25) is 0 Å². The van der Waals surface area contributed by atoms with E-state index in [9.17, 15) is 13.2 Å². The molecule has 3 rings (SSSR count). The number of benzene rings is 2. The number of carbonyl (C=O) groups excluding carboxylic acids is 1. The molecule has 5 nitrogen and oxygen atoms in total. The molecule has 1 heterocycles. The monoisotopic (exact) mass is 436 g/mol. The van der Waals surface area contributed by atoms with Crippen molar-refractivity contribution in [1.29, 1.82) is 0 Å². The lowest BCUT2D eigenvalue weighted by Crippen LogP contribution is -2.36. The molecule has 0 aliphatic carbocycles. The van der Waals surface area contributed by atoms with E-state index in [1.807, 2.05) is 17.9 Å². The van der Waals surface area contributed by atoms with Gasteiger partial charge < -0.3 is 4.90 Å². The van der Waals surface area contributed by atoms with Crippen molar-refractivity contribution in [2.45, 2.75) is 31.1 Å². The Morgan fingerprint density at radius 3 is 2.50 bits per heavy atom. The lowest BCUT2D eigenvalue weighted by Gasteiger charge is -2.27. The molecule has 7 heteroatoms. The molecule has 1 aliphatic heterocycles. The summed E-state index contributed by atoms with van der Waals surface area (Å²) in [5, 5.41) is 0. The number of hydrogen-bond donors (Lipinski definition) is 1. The summed E-state index contributed by atoms with van der Waals surface area (Å²) in [4.78, 5) is 14.7. The Balaban J connectivity index is 1.89. The fourth-order valence-corrected chi connectivity index (χ4v) is 4.51. The molecule has 0 atom stereocenters. The molecule has 2 aromatic rings. The second-order valence-corrected chi connectivity index (χ2v) is 9.04. The van der Waals surface area contributed by atoms with Crippen molar-refractivity contribution in [2.24, 2.45) is 0 Å². The van der Waals surface area contributed by atoms with Gasteiger partial charge in [-0.25, -0.2) is 8.42 Å². The van der Waals surface area contributed by atoms with Crippen LogP contribution in [0, 0.1) is 6.92 Å². The fourth-order valence-electron chi connectivity index (χ4n) is 3.03.